The van der Waals surface area contributed by atoms with Gasteiger partial charge in [-0.15, -0.1) is 0 Å². The first kappa shape index (κ1) is 25.5. The van der Waals surface area contributed by atoms with Gasteiger partial charge in [0.15, 0.2) is 0 Å². The van der Waals surface area contributed by atoms with Crippen molar-refractivity contribution in [3.8, 4) is 17.6 Å². The number of benzene rings is 1. The number of likely N-dealkylation sites (N-methyl/N-ethyl adjacent to an activating group) is 1. The van der Waals surface area contributed by atoms with E-state index in [1.54, 1.807) is 26.1 Å². The molecule has 1 aliphatic carbocycles. The molecule has 2 N–H and O–H groups in total. The Hall–Kier alpha value is -2.12. The van der Waals surface area contributed by atoms with E-state index in [4.69, 9.17) is 4.74 Å². The van der Waals surface area contributed by atoms with Crippen LogP contribution in [-0.2, 0) is 14.8 Å². The Balaban J connectivity index is 2.06. The van der Waals surface area contributed by atoms with Crippen molar-refractivity contribution in [3.05, 3.63) is 23.8 Å². The summed E-state index contributed by atoms with van der Waals surface area (Å²) in [7, 11) is -2.27. The largest absolute Gasteiger partial charge is 0.487 e. The van der Waals surface area contributed by atoms with Crippen LogP contribution in [0.25, 0.3) is 0 Å². The molecule has 2 aliphatic rings. The van der Waals surface area contributed by atoms with E-state index in [0.717, 1.165) is 12.8 Å². The average molecular weight is 479 g/mol. The highest BCUT2D eigenvalue weighted by molar-refractivity contribution is 7.89. The molecule has 1 amide bonds. The third-order valence-electron chi connectivity index (χ3n) is 6.53. The summed E-state index contributed by atoms with van der Waals surface area (Å²) < 4.78 is 34.5. The highest BCUT2D eigenvalue weighted by atomic mass is 32.2. The molecule has 1 aliphatic heterocycles. The zero-order chi connectivity index (χ0) is 24.4. The van der Waals surface area contributed by atoms with Gasteiger partial charge in [-0.1, -0.05) is 18.8 Å². The number of rotatable bonds is 4. The normalized spacial score (nSPS) is 24.9. The monoisotopic (exact) mass is 478 g/mol. The number of hydrogen-bond acceptors (Lipinski definition) is 6. The molecule has 0 saturated heterocycles. The number of amides is 1. The predicted molar refractivity (Wildman–Crippen MR) is 124 cm³/mol. The molecule has 8 nitrogen and oxygen atoms in total. The van der Waals surface area contributed by atoms with Gasteiger partial charge in [0.1, 0.15) is 22.4 Å². The number of fused-ring (bicyclic) bond motifs is 1. The summed E-state index contributed by atoms with van der Waals surface area (Å²) in [5.74, 6) is 5.70. The molecule has 0 radical (unpaired) electrons. The Morgan fingerprint density at radius 1 is 1.36 bits per heavy atom. The Morgan fingerprint density at radius 3 is 2.64 bits per heavy atom. The second kappa shape index (κ2) is 10.0. The van der Waals surface area contributed by atoms with E-state index in [1.165, 1.54) is 22.2 Å². The van der Waals surface area contributed by atoms with Crippen LogP contribution in [0.15, 0.2) is 23.1 Å². The van der Waals surface area contributed by atoms with E-state index in [9.17, 15) is 23.4 Å². The molecule has 1 aromatic rings. The molecule has 9 heteroatoms. The van der Waals surface area contributed by atoms with E-state index in [1.807, 2.05) is 6.92 Å². The molecular formula is C24H34N2O6S. The molecular weight excluding hydrogens is 444 g/mol. The topological polar surface area (TPSA) is 107 Å². The van der Waals surface area contributed by atoms with Gasteiger partial charge in [-0.25, -0.2) is 8.42 Å². The van der Waals surface area contributed by atoms with Crippen molar-refractivity contribution in [2.75, 3.05) is 26.7 Å². The Kier molecular flexibility index (Phi) is 7.74. The van der Waals surface area contributed by atoms with Gasteiger partial charge in [-0.2, -0.15) is 4.31 Å². The number of hydrogen-bond donors (Lipinski definition) is 2. The maximum atomic E-state index is 13.5. The fraction of sp³-hybridized carbons (Fsp3) is 0.625. The van der Waals surface area contributed by atoms with Crippen LogP contribution in [0.4, 0.5) is 0 Å². The number of aliphatic hydroxyl groups is 2. The van der Waals surface area contributed by atoms with Gasteiger partial charge in [-0.05, 0) is 50.8 Å². The van der Waals surface area contributed by atoms with E-state index in [-0.39, 0.29) is 42.2 Å². The molecule has 3 atom stereocenters. The summed E-state index contributed by atoms with van der Waals surface area (Å²) in [6.07, 6.45) is 2.64. The Bertz CT molecular complexity index is 1040. The summed E-state index contributed by atoms with van der Waals surface area (Å²) in [4.78, 5) is 13.4. The molecule has 1 saturated carbocycles. The molecule has 0 bridgehead atoms. The third-order valence-corrected chi connectivity index (χ3v) is 8.55. The fourth-order valence-electron chi connectivity index (χ4n) is 4.19. The van der Waals surface area contributed by atoms with Crippen molar-refractivity contribution in [1.29, 1.82) is 0 Å². The van der Waals surface area contributed by atoms with E-state index >= 15 is 0 Å². The van der Waals surface area contributed by atoms with Gasteiger partial charge in [0.05, 0.1) is 13.2 Å². The summed E-state index contributed by atoms with van der Waals surface area (Å²) in [6.45, 7) is 5.11. The van der Waals surface area contributed by atoms with Gasteiger partial charge in [0.2, 0.25) is 15.9 Å². The predicted octanol–water partition coefficient (Wildman–Crippen LogP) is 1.59. The number of sulfonamides is 1. The van der Waals surface area contributed by atoms with E-state index < -0.39 is 27.8 Å². The molecule has 0 unspecified atom stereocenters. The molecule has 0 aromatic heterocycles. The molecule has 182 valence electrons. The summed E-state index contributed by atoms with van der Waals surface area (Å²) >= 11 is 0. The summed E-state index contributed by atoms with van der Waals surface area (Å²) in [5.41, 5.74) is -0.468. The number of carbonyl (C=O) groups is 1. The third kappa shape index (κ3) is 5.69. The fourth-order valence-corrected chi connectivity index (χ4v) is 6.02. The van der Waals surface area contributed by atoms with Crippen molar-refractivity contribution in [1.82, 2.24) is 9.21 Å². The Labute approximate surface area is 196 Å². The van der Waals surface area contributed by atoms with Crippen LogP contribution >= 0.6 is 0 Å². The van der Waals surface area contributed by atoms with Crippen molar-refractivity contribution >= 4 is 15.9 Å². The lowest BCUT2D eigenvalue weighted by atomic mass is 10.0. The second-order valence-corrected chi connectivity index (χ2v) is 11.1. The quantitative estimate of drug-likeness (QED) is 0.637. The van der Waals surface area contributed by atoms with Crippen LogP contribution in [0.5, 0.6) is 5.75 Å². The number of carbonyl (C=O) groups excluding carboxylic acids is 1. The number of aliphatic hydroxyl groups excluding tert-OH is 1. The highest BCUT2D eigenvalue weighted by Gasteiger charge is 2.38. The SMILES string of the molecule is CC(=O)N(C)C[C@H]1Oc2cc(C#CC3(O)CCCC3)ccc2S(=O)(=O)N([C@H](C)CO)C[C@@H]1C. The minimum atomic E-state index is -3.94. The first-order chi connectivity index (χ1) is 15.5. The van der Waals surface area contributed by atoms with Gasteiger partial charge in [0.25, 0.3) is 0 Å². The van der Waals surface area contributed by atoms with Crippen LogP contribution < -0.4 is 4.74 Å². The zero-order valence-electron chi connectivity index (χ0n) is 19.7. The van der Waals surface area contributed by atoms with Crippen LogP contribution in [0.3, 0.4) is 0 Å². The van der Waals surface area contributed by atoms with E-state index in [2.05, 4.69) is 11.8 Å². The number of nitrogens with zero attached hydrogens (tertiary/aromatic N) is 2. The maximum Gasteiger partial charge on any atom is 0.247 e. The van der Waals surface area contributed by atoms with Crippen molar-refractivity contribution in [3.63, 3.8) is 0 Å². The minimum absolute atomic E-state index is 0.00435. The van der Waals surface area contributed by atoms with Crippen molar-refractivity contribution < 1.29 is 28.2 Å². The minimum Gasteiger partial charge on any atom is -0.487 e. The molecule has 3 rings (SSSR count). The lowest BCUT2D eigenvalue weighted by molar-refractivity contribution is -0.129. The zero-order valence-corrected chi connectivity index (χ0v) is 20.6. The maximum absolute atomic E-state index is 13.5. The summed E-state index contributed by atoms with van der Waals surface area (Å²) in [5, 5.41) is 20.2. The van der Waals surface area contributed by atoms with Crippen LogP contribution in [0.2, 0.25) is 0 Å². The van der Waals surface area contributed by atoms with Gasteiger partial charge >= 0.3 is 0 Å². The smallest absolute Gasteiger partial charge is 0.247 e. The lowest BCUT2D eigenvalue weighted by Gasteiger charge is -2.37. The van der Waals surface area contributed by atoms with Gasteiger partial charge in [-0.3, -0.25) is 4.79 Å². The molecule has 1 heterocycles. The first-order valence-corrected chi connectivity index (χ1v) is 12.8. The standard InChI is InChI=1S/C24H34N2O6S/c1-17-14-26(18(2)16-27)33(30,31)23-8-7-20(9-12-24(29)10-5-6-11-24)13-21(23)32-22(17)15-25(4)19(3)28/h7-8,13,17-18,22,27,29H,5-6,10-11,14-16H2,1-4H3/t17-,18+,22+/m0/s1. The van der Waals surface area contributed by atoms with Crippen molar-refractivity contribution in [2.45, 2.75) is 69.1 Å². The van der Waals surface area contributed by atoms with Crippen LogP contribution in [0.1, 0.15) is 52.0 Å². The first-order valence-electron chi connectivity index (χ1n) is 11.4. The second-order valence-electron chi connectivity index (χ2n) is 9.29. The Morgan fingerprint density at radius 2 is 2.03 bits per heavy atom. The van der Waals surface area contributed by atoms with Gasteiger partial charge in [0, 0.05) is 38.0 Å². The summed E-state index contributed by atoms with van der Waals surface area (Å²) in [6, 6.07) is 4.03. The van der Waals surface area contributed by atoms with E-state index in [0.29, 0.717) is 18.4 Å². The van der Waals surface area contributed by atoms with Crippen LogP contribution in [0, 0.1) is 17.8 Å². The molecule has 1 aromatic carbocycles. The lowest BCUT2D eigenvalue weighted by Crippen LogP contribution is -2.50. The van der Waals surface area contributed by atoms with Crippen molar-refractivity contribution in [2.24, 2.45) is 5.92 Å². The molecule has 0 spiro atoms. The molecule has 1 fully saturated rings. The highest BCUT2D eigenvalue weighted by Crippen LogP contribution is 2.34. The molecule has 33 heavy (non-hydrogen) atoms. The number of ether oxygens (including phenoxy) is 1. The average Bonchev–Trinajstić information content (AvgIpc) is 3.20. The van der Waals surface area contributed by atoms with Gasteiger partial charge < -0.3 is 19.8 Å². The van der Waals surface area contributed by atoms with Crippen LogP contribution in [-0.4, -0.2) is 78.2 Å².